The third-order valence-corrected chi connectivity index (χ3v) is 8.70. The third kappa shape index (κ3) is 4.94. The van der Waals surface area contributed by atoms with Crippen molar-refractivity contribution in [2.24, 2.45) is 11.8 Å². The molecular formula is C31H41N3O6. The number of rotatable bonds is 8. The molecule has 1 N–H and O–H groups in total. The van der Waals surface area contributed by atoms with Crippen molar-refractivity contribution >= 4 is 29.2 Å². The number of carbonyl (C=O) groups excluding carboxylic acids is 3. The zero-order valence-electron chi connectivity index (χ0n) is 23.5. The highest BCUT2D eigenvalue weighted by Crippen LogP contribution is 2.53. The van der Waals surface area contributed by atoms with Crippen LogP contribution in [0.1, 0.15) is 46.0 Å². The molecule has 0 saturated carbocycles. The van der Waals surface area contributed by atoms with Gasteiger partial charge in [0, 0.05) is 44.2 Å². The van der Waals surface area contributed by atoms with Crippen molar-refractivity contribution in [1.82, 2.24) is 4.90 Å². The summed E-state index contributed by atoms with van der Waals surface area (Å²) in [6.07, 6.45) is 10.5. The summed E-state index contributed by atoms with van der Waals surface area (Å²) >= 11 is 0. The molecule has 5 rings (SSSR count). The number of amides is 2. The number of cyclic esters (lactones) is 1. The van der Waals surface area contributed by atoms with Gasteiger partial charge in [-0.2, -0.15) is 0 Å². The number of carbonyl (C=O) groups is 3. The van der Waals surface area contributed by atoms with E-state index < -0.39 is 35.6 Å². The Morgan fingerprint density at radius 3 is 2.52 bits per heavy atom. The second-order valence-electron chi connectivity index (χ2n) is 10.9. The first-order valence-corrected chi connectivity index (χ1v) is 14.7. The van der Waals surface area contributed by atoms with Gasteiger partial charge in [-0.1, -0.05) is 24.3 Å². The maximum absolute atomic E-state index is 14.4. The molecule has 2 amide bonds. The lowest BCUT2D eigenvalue weighted by Gasteiger charge is -2.35. The number of hydrogen-bond donors (Lipinski definition) is 1. The summed E-state index contributed by atoms with van der Waals surface area (Å²) in [7, 11) is 0. The molecule has 4 aliphatic heterocycles. The van der Waals surface area contributed by atoms with E-state index in [2.05, 4.69) is 18.7 Å². The molecule has 40 heavy (non-hydrogen) atoms. The Labute approximate surface area is 236 Å². The molecule has 1 unspecified atom stereocenters. The number of benzene rings is 1. The molecular weight excluding hydrogens is 510 g/mol. The van der Waals surface area contributed by atoms with E-state index in [0.717, 1.165) is 43.7 Å². The molecule has 0 radical (unpaired) electrons. The first-order chi connectivity index (χ1) is 19.5. The van der Waals surface area contributed by atoms with Crippen LogP contribution in [0, 0.1) is 11.8 Å². The number of ether oxygens (including phenoxy) is 2. The topological polar surface area (TPSA) is 99.6 Å². The predicted octanol–water partition coefficient (Wildman–Crippen LogP) is 3.07. The van der Waals surface area contributed by atoms with Crippen molar-refractivity contribution in [3.63, 3.8) is 0 Å². The monoisotopic (exact) mass is 551 g/mol. The van der Waals surface area contributed by atoms with E-state index in [1.807, 2.05) is 48.6 Å². The Kier molecular flexibility index (Phi) is 8.61. The van der Waals surface area contributed by atoms with Crippen LogP contribution in [0.3, 0.4) is 0 Å². The molecule has 2 fully saturated rings. The predicted molar refractivity (Wildman–Crippen MR) is 152 cm³/mol. The Bertz CT molecular complexity index is 1150. The number of nitrogens with zero attached hydrogens (tertiary/aromatic N) is 3. The van der Waals surface area contributed by atoms with Crippen molar-refractivity contribution in [3.05, 3.63) is 48.6 Å². The molecule has 1 spiro atoms. The van der Waals surface area contributed by atoms with Gasteiger partial charge >= 0.3 is 5.97 Å². The molecule has 4 heterocycles. The van der Waals surface area contributed by atoms with Gasteiger partial charge in [-0.05, 0) is 70.2 Å². The van der Waals surface area contributed by atoms with Crippen LogP contribution in [-0.4, -0.2) is 84.9 Å². The second kappa shape index (κ2) is 12.1. The van der Waals surface area contributed by atoms with E-state index >= 15 is 0 Å². The number of esters is 1. The average Bonchev–Trinajstić information content (AvgIpc) is 3.34. The number of hydrogen-bond acceptors (Lipinski definition) is 7. The minimum absolute atomic E-state index is 0.00154. The summed E-state index contributed by atoms with van der Waals surface area (Å²) in [5.41, 5.74) is 0.540. The van der Waals surface area contributed by atoms with Gasteiger partial charge < -0.3 is 29.3 Å². The molecule has 0 aliphatic carbocycles. The first kappa shape index (κ1) is 28.4. The summed E-state index contributed by atoms with van der Waals surface area (Å²) in [5.74, 6) is -2.64. The number of allylic oxidation sites excluding steroid dienone is 1. The van der Waals surface area contributed by atoms with Gasteiger partial charge in [-0.3, -0.25) is 14.4 Å². The van der Waals surface area contributed by atoms with Crippen molar-refractivity contribution in [3.8, 4) is 0 Å². The van der Waals surface area contributed by atoms with E-state index in [9.17, 15) is 19.5 Å². The summed E-state index contributed by atoms with van der Waals surface area (Å²) < 4.78 is 12.3. The Morgan fingerprint density at radius 1 is 1.02 bits per heavy atom. The SMILES string of the molecule is CCN(CC)c1ccc(N2CC=C[C@]34O[C@H]5/C=C\CCCCOC(=O)[C@H]5[C@H]3C(=O)N(CCCCO)C4C2=O)cc1. The zero-order valence-corrected chi connectivity index (χ0v) is 23.5. The van der Waals surface area contributed by atoms with E-state index in [1.54, 1.807) is 9.80 Å². The normalized spacial score (nSPS) is 30.8. The lowest BCUT2D eigenvalue weighted by molar-refractivity contribution is -0.154. The van der Waals surface area contributed by atoms with Crippen molar-refractivity contribution in [2.75, 3.05) is 49.2 Å². The first-order valence-electron chi connectivity index (χ1n) is 14.7. The summed E-state index contributed by atoms with van der Waals surface area (Å²) in [6.45, 7) is 6.91. The molecule has 1 aromatic rings. The van der Waals surface area contributed by atoms with Crippen LogP contribution in [-0.2, 0) is 23.9 Å². The fourth-order valence-electron chi connectivity index (χ4n) is 6.71. The van der Waals surface area contributed by atoms with Gasteiger partial charge in [-0.25, -0.2) is 0 Å². The van der Waals surface area contributed by atoms with Gasteiger partial charge in [-0.15, -0.1) is 0 Å². The second-order valence-corrected chi connectivity index (χ2v) is 10.9. The maximum Gasteiger partial charge on any atom is 0.312 e. The van der Waals surface area contributed by atoms with E-state index in [-0.39, 0.29) is 18.4 Å². The number of anilines is 2. The van der Waals surface area contributed by atoms with Crippen LogP contribution in [0.4, 0.5) is 11.4 Å². The van der Waals surface area contributed by atoms with Crippen molar-refractivity contribution in [2.45, 2.75) is 63.7 Å². The van der Waals surface area contributed by atoms with Crippen LogP contribution in [0.5, 0.6) is 0 Å². The zero-order chi connectivity index (χ0) is 28.3. The number of unbranched alkanes of at least 4 members (excludes halogenated alkanes) is 1. The highest BCUT2D eigenvalue weighted by molar-refractivity contribution is 6.05. The van der Waals surface area contributed by atoms with Gasteiger partial charge in [0.1, 0.15) is 17.6 Å². The molecule has 0 aromatic heterocycles. The van der Waals surface area contributed by atoms with Crippen molar-refractivity contribution < 1.29 is 29.0 Å². The van der Waals surface area contributed by atoms with Crippen molar-refractivity contribution in [1.29, 1.82) is 0 Å². The fraction of sp³-hybridized carbons (Fsp3) is 0.581. The molecule has 0 bridgehead atoms. The minimum Gasteiger partial charge on any atom is -0.465 e. The Morgan fingerprint density at radius 2 is 1.80 bits per heavy atom. The third-order valence-electron chi connectivity index (χ3n) is 8.70. The maximum atomic E-state index is 14.4. The molecule has 2 saturated heterocycles. The van der Waals surface area contributed by atoms with Crippen LogP contribution >= 0.6 is 0 Å². The number of fused-ring (bicyclic) bond motifs is 2. The average molecular weight is 552 g/mol. The van der Waals surface area contributed by atoms with Crippen LogP contribution < -0.4 is 9.80 Å². The quantitative estimate of drug-likeness (QED) is 0.301. The van der Waals surface area contributed by atoms with Gasteiger partial charge in [0.05, 0.1) is 18.6 Å². The smallest absolute Gasteiger partial charge is 0.312 e. The van der Waals surface area contributed by atoms with Gasteiger partial charge in [0.2, 0.25) is 5.91 Å². The standard InChI is InChI=1S/C31H41N3O6/c1-3-32(4-2)22-13-15-23(16-14-22)33-19-11-17-31-26(28(36)34(18-8-9-20-35)27(31)29(33)37)25-24(40-31)12-7-5-6-10-21-39-30(25)38/h7,11-17,24-27,35H,3-6,8-10,18-21H2,1-2H3/b12-7-/t24-,25+,26-,27?,31-/m0/s1. The van der Waals surface area contributed by atoms with Gasteiger partial charge in [0.25, 0.3) is 5.91 Å². The highest BCUT2D eigenvalue weighted by atomic mass is 16.6. The summed E-state index contributed by atoms with van der Waals surface area (Å²) in [4.78, 5) is 47.4. The van der Waals surface area contributed by atoms with E-state index in [4.69, 9.17) is 9.47 Å². The lowest BCUT2D eigenvalue weighted by Crippen LogP contribution is -2.55. The Hall–Kier alpha value is -3.17. The molecule has 5 atom stereocenters. The summed E-state index contributed by atoms with van der Waals surface area (Å²) in [6, 6.07) is 6.99. The largest absolute Gasteiger partial charge is 0.465 e. The molecule has 1 aromatic carbocycles. The van der Waals surface area contributed by atoms with Crippen LogP contribution in [0.2, 0.25) is 0 Å². The molecule has 9 heteroatoms. The number of aliphatic hydroxyl groups is 1. The van der Waals surface area contributed by atoms with E-state index in [1.165, 1.54) is 0 Å². The highest BCUT2D eigenvalue weighted by Gasteiger charge is 2.71. The number of aliphatic hydroxyl groups excluding tert-OH is 1. The van der Waals surface area contributed by atoms with E-state index in [0.29, 0.717) is 32.5 Å². The fourth-order valence-corrected chi connectivity index (χ4v) is 6.71. The minimum atomic E-state index is -1.28. The summed E-state index contributed by atoms with van der Waals surface area (Å²) in [5, 5.41) is 9.39. The number of likely N-dealkylation sites (tertiary alicyclic amines) is 1. The van der Waals surface area contributed by atoms with Crippen LogP contribution in [0.25, 0.3) is 0 Å². The van der Waals surface area contributed by atoms with Gasteiger partial charge in [0.15, 0.2) is 0 Å². The molecule has 9 nitrogen and oxygen atoms in total. The lowest BCUT2D eigenvalue weighted by atomic mass is 9.78. The molecule has 216 valence electrons. The molecule has 4 aliphatic rings. The Balaban J connectivity index is 1.53. The van der Waals surface area contributed by atoms with Crippen LogP contribution in [0.15, 0.2) is 48.6 Å².